The molecule has 3 rings (SSSR count). The van der Waals surface area contributed by atoms with Crippen molar-refractivity contribution in [2.24, 2.45) is 0 Å². The zero-order valence-electron chi connectivity index (χ0n) is 15.5. The number of para-hydroxylation sites is 2. The van der Waals surface area contributed by atoms with Crippen molar-refractivity contribution in [3.05, 3.63) is 95.8 Å². The second-order valence-electron chi connectivity index (χ2n) is 6.31. The number of hydrogen-bond donors (Lipinski definition) is 2. The van der Waals surface area contributed by atoms with Crippen molar-refractivity contribution < 1.29 is 13.9 Å². The van der Waals surface area contributed by atoms with Crippen LogP contribution in [0.3, 0.4) is 0 Å². The molecular weight excluding hydrogens is 355 g/mol. The van der Waals surface area contributed by atoms with Crippen molar-refractivity contribution in [1.82, 2.24) is 5.32 Å². The van der Waals surface area contributed by atoms with Crippen LogP contribution in [0.4, 0.5) is 10.1 Å². The minimum Gasteiger partial charge on any atom is -0.488 e. The molecule has 0 fully saturated rings. The first-order valence-electron chi connectivity index (χ1n) is 9.26. The molecule has 0 heterocycles. The van der Waals surface area contributed by atoms with Gasteiger partial charge in [0.05, 0.1) is 5.56 Å². The maximum Gasteiger partial charge on any atom is 0.255 e. The Balaban J connectivity index is 1.47. The Morgan fingerprint density at radius 1 is 0.857 bits per heavy atom. The second kappa shape index (κ2) is 10.1. The maximum absolute atomic E-state index is 13.0. The lowest BCUT2D eigenvalue weighted by Crippen LogP contribution is -2.26. The Labute approximate surface area is 164 Å². The largest absolute Gasteiger partial charge is 0.488 e. The summed E-state index contributed by atoms with van der Waals surface area (Å²) in [5, 5.41) is 6.23. The topological polar surface area (TPSA) is 50.4 Å². The number of ether oxygens (including phenoxy) is 1. The molecule has 0 aromatic heterocycles. The van der Waals surface area contributed by atoms with Gasteiger partial charge < -0.3 is 15.4 Å². The number of amides is 1. The van der Waals surface area contributed by atoms with Crippen LogP contribution in [0, 0.1) is 5.82 Å². The van der Waals surface area contributed by atoms with Gasteiger partial charge in [0.1, 0.15) is 18.2 Å². The summed E-state index contributed by atoms with van der Waals surface area (Å²) in [5.41, 5.74) is 2.39. The highest BCUT2D eigenvalue weighted by Gasteiger charge is 2.11. The number of anilines is 1. The van der Waals surface area contributed by atoms with Crippen molar-refractivity contribution >= 4 is 11.6 Å². The molecule has 0 radical (unpaired) electrons. The van der Waals surface area contributed by atoms with Gasteiger partial charge in [0.2, 0.25) is 0 Å². The van der Waals surface area contributed by atoms with Crippen LogP contribution in [0.2, 0.25) is 0 Å². The normalized spacial score (nSPS) is 10.3. The summed E-state index contributed by atoms with van der Waals surface area (Å²) in [7, 11) is 0. The fourth-order valence-corrected chi connectivity index (χ4v) is 2.70. The molecule has 0 atom stereocenters. The molecule has 2 N–H and O–H groups in total. The van der Waals surface area contributed by atoms with Crippen LogP contribution in [0.25, 0.3) is 0 Å². The first kappa shape index (κ1) is 19.4. The van der Waals surface area contributed by atoms with Gasteiger partial charge in [-0.2, -0.15) is 0 Å². The van der Waals surface area contributed by atoms with Gasteiger partial charge >= 0.3 is 0 Å². The van der Waals surface area contributed by atoms with Crippen LogP contribution in [-0.4, -0.2) is 19.0 Å². The lowest BCUT2D eigenvalue weighted by atomic mass is 10.2. The van der Waals surface area contributed by atoms with Crippen LogP contribution >= 0.6 is 0 Å². The van der Waals surface area contributed by atoms with E-state index in [1.165, 1.54) is 12.1 Å². The highest BCUT2D eigenvalue weighted by Crippen LogP contribution is 2.19. The van der Waals surface area contributed by atoms with Gasteiger partial charge in [-0.15, -0.1) is 0 Å². The van der Waals surface area contributed by atoms with Crippen LogP contribution in [0.15, 0.2) is 78.9 Å². The highest BCUT2D eigenvalue weighted by atomic mass is 19.1. The molecule has 0 aliphatic carbocycles. The van der Waals surface area contributed by atoms with Gasteiger partial charge in [-0.1, -0.05) is 42.5 Å². The SMILES string of the molecule is O=C(NCCCNc1ccccc1)c1ccccc1OCc1ccc(F)cc1. The summed E-state index contributed by atoms with van der Waals surface area (Å²) in [5.74, 6) is 0.0476. The third-order valence-corrected chi connectivity index (χ3v) is 4.18. The monoisotopic (exact) mass is 378 g/mol. The number of nitrogens with one attached hydrogen (secondary N) is 2. The van der Waals surface area contributed by atoms with Gasteiger partial charge in [-0.05, 0) is 48.4 Å². The predicted molar refractivity (Wildman–Crippen MR) is 109 cm³/mol. The number of benzene rings is 3. The molecule has 0 saturated heterocycles. The molecule has 4 nitrogen and oxygen atoms in total. The van der Waals surface area contributed by atoms with E-state index in [0.29, 0.717) is 17.9 Å². The highest BCUT2D eigenvalue weighted by molar-refractivity contribution is 5.96. The van der Waals surface area contributed by atoms with Crippen LogP contribution in [0.5, 0.6) is 5.75 Å². The molecule has 1 amide bonds. The second-order valence-corrected chi connectivity index (χ2v) is 6.31. The number of carbonyl (C=O) groups is 1. The first-order valence-corrected chi connectivity index (χ1v) is 9.26. The molecule has 28 heavy (non-hydrogen) atoms. The van der Waals surface area contributed by atoms with E-state index in [-0.39, 0.29) is 18.3 Å². The fraction of sp³-hybridized carbons (Fsp3) is 0.174. The van der Waals surface area contributed by atoms with Crippen molar-refractivity contribution in [1.29, 1.82) is 0 Å². The fourth-order valence-electron chi connectivity index (χ4n) is 2.70. The van der Waals surface area contributed by atoms with E-state index in [9.17, 15) is 9.18 Å². The lowest BCUT2D eigenvalue weighted by molar-refractivity contribution is 0.0949. The third-order valence-electron chi connectivity index (χ3n) is 4.18. The molecule has 0 saturated carbocycles. The van der Waals surface area contributed by atoms with E-state index in [1.54, 1.807) is 30.3 Å². The van der Waals surface area contributed by atoms with Gasteiger partial charge in [-0.25, -0.2) is 4.39 Å². The van der Waals surface area contributed by atoms with Crippen molar-refractivity contribution in [3.8, 4) is 5.75 Å². The van der Waals surface area contributed by atoms with Crippen LogP contribution in [0.1, 0.15) is 22.3 Å². The number of rotatable bonds is 9. The number of carbonyl (C=O) groups excluding carboxylic acids is 1. The molecule has 0 unspecified atom stereocenters. The number of hydrogen-bond acceptors (Lipinski definition) is 3. The average Bonchev–Trinajstić information content (AvgIpc) is 2.74. The molecule has 0 bridgehead atoms. The summed E-state index contributed by atoms with van der Waals surface area (Å²) in [6, 6.07) is 23.2. The standard InChI is InChI=1S/C23H23FN2O2/c24-19-13-11-18(12-14-19)17-28-22-10-5-4-9-21(22)23(27)26-16-6-15-25-20-7-2-1-3-8-20/h1-5,7-14,25H,6,15-17H2,(H,26,27). The molecule has 5 heteroatoms. The minimum absolute atomic E-state index is 0.172. The van der Waals surface area contributed by atoms with Crippen LogP contribution in [-0.2, 0) is 6.61 Å². The van der Waals surface area contributed by atoms with Gasteiger partial charge in [-0.3, -0.25) is 4.79 Å². The smallest absolute Gasteiger partial charge is 0.255 e. The quantitative estimate of drug-likeness (QED) is 0.534. The summed E-state index contributed by atoms with van der Waals surface area (Å²) in [6.45, 7) is 1.60. The zero-order valence-corrected chi connectivity index (χ0v) is 15.5. The number of halogens is 1. The average molecular weight is 378 g/mol. The Hall–Kier alpha value is -3.34. The Bertz CT molecular complexity index is 883. The third kappa shape index (κ3) is 5.84. The molecule has 0 spiro atoms. The maximum atomic E-state index is 13.0. The van der Waals surface area contributed by atoms with Crippen molar-refractivity contribution in [2.75, 3.05) is 18.4 Å². The molecular formula is C23H23FN2O2. The van der Waals surface area contributed by atoms with Crippen molar-refractivity contribution in [3.63, 3.8) is 0 Å². The Morgan fingerprint density at radius 3 is 2.36 bits per heavy atom. The molecule has 3 aromatic carbocycles. The Morgan fingerprint density at radius 2 is 1.57 bits per heavy atom. The van der Waals surface area contributed by atoms with Gasteiger partial charge in [0.15, 0.2) is 0 Å². The molecule has 0 aliphatic heterocycles. The van der Waals surface area contributed by atoms with E-state index in [4.69, 9.17) is 4.74 Å². The summed E-state index contributed by atoms with van der Waals surface area (Å²) in [4.78, 5) is 12.5. The lowest BCUT2D eigenvalue weighted by Gasteiger charge is -2.12. The zero-order chi connectivity index (χ0) is 19.6. The van der Waals surface area contributed by atoms with Crippen LogP contribution < -0.4 is 15.4 Å². The molecule has 0 aliphatic rings. The summed E-state index contributed by atoms with van der Waals surface area (Å²) < 4.78 is 18.8. The van der Waals surface area contributed by atoms with Gasteiger partial charge in [0, 0.05) is 18.8 Å². The van der Waals surface area contributed by atoms with E-state index in [0.717, 1.165) is 24.2 Å². The van der Waals surface area contributed by atoms with E-state index in [1.807, 2.05) is 36.4 Å². The summed E-state index contributed by atoms with van der Waals surface area (Å²) >= 11 is 0. The van der Waals surface area contributed by atoms with E-state index < -0.39 is 0 Å². The molecule has 144 valence electrons. The Kier molecular flexibility index (Phi) is 7.01. The van der Waals surface area contributed by atoms with Gasteiger partial charge in [0.25, 0.3) is 5.91 Å². The van der Waals surface area contributed by atoms with Crippen molar-refractivity contribution in [2.45, 2.75) is 13.0 Å². The summed E-state index contributed by atoms with van der Waals surface area (Å²) in [6.07, 6.45) is 0.805. The van der Waals surface area contributed by atoms with E-state index >= 15 is 0 Å². The molecule has 3 aromatic rings. The first-order chi connectivity index (χ1) is 13.7. The predicted octanol–water partition coefficient (Wildman–Crippen LogP) is 4.64. The van der Waals surface area contributed by atoms with E-state index in [2.05, 4.69) is 10.6 Å². The minimum atomic E-state index is -0.287.